The Bertz CT molecular complexity index is 372. The zero-order chi connectivity index (χ0) is 12.3. The Morgan fingerprint density at radius 3 is 2.65 bits per heavy atom. The molecule has 2 N–H and O–H groups in total. The van der Waals surface area contributed by atoms with Crippen molar-refractivity contribution in [2.75, 3.05) is 12.8 Å². The van der Waals surface area contributed by atoms with Gasteiger partial charge in [-0.25, -0.2) is 0 Å². The largest absolute Gasteiger partial charge is 0.398 e. The molecule has 2 rings (SSSR count). The Kier molecular flexibility index (Phi) is 4.30. The third-order valence-electron chi connectivity index (χ3n) is 3.69. The van der Waals surface area contributed by atoms with E-state index < -0.39 is 0 Å². The monoisotopic (exact) mass is 252 g/mol. The third kappa shape index (κ3) is 3.36. The molecule has 0 heterocycles. The van der Waals surface area contributed by atoms with E-state index in [1.54, 1.807) is 0 Å². The molecular weight excluding hydrogens is 232 g/mol. The molecule has 0 aliphatic heterocycles. The van der Waals surface area contributed by atoms with E-state index in [2.05, 4.69) is 18.0 Å². The second-order valence-corrected chi connectivity index (χ2v) is 5.47. The lowest BCUT2D eigenvalue weighted by Gasteiger charge is -2.31. The van der Waals surface area contributed by atoms with Gasteiger partial charge in [-0.2, -0.15) is 0 Å². The van der Waals surface area contributed by atoms with Gasteiger partial charge in [0.2, 0.25) is 0 Å². The maximum atomic E-state index is 5.93. The van der Waals surface area contributed by atoms with Crippen LogP contribution < -0.4 is 5.73 Å². The van der Waals surface area contributed by atoms with Crippen LogP contribution in [-0.2, 0) is 6.54 Å². The summed E-state index contributed by atoms with van der Waals surface area (Å²) in [4.78, 5) is 2.45. The van der Waals surface area contributed by atoms with Gasteiger partial charge in [0.15, 0.2) is 0 Å². The topological polar surface area (TPSA) is 29.3 Å². The fourth-order valence-corrected chi connectivity index (χ4v) is 2.75. The standard InChI is InChI=1S/C14H21ClN2/c1-17(12-5-3-2-4-6-12)10-11-7-8-13(15)14(16)9-11/h7-9,12H,2-6,10,16H2,1H3. The Labute approximate surface area is 109 Å². The second-order valence-electron chi connectivity index (χ2n) is 5.06. The third-order valence-corrected chi connectivity index (χ3v) is 4.03. The van der Waals surface area contributed by atoms with Crippen LogP contribution in [0.1, 0.15) is 37.7 Å². The number of nitrogen functional groups attached to an aromatic ring is 1. The average Bonchev–Trinajstić information content (AvgIpc) is 2.35. The summed E-state index contributed by atoms with van der Waals surface area (Å²) in [5, 5.41) is 0.647. The lowest BCUT2D eigenvalue weighted by Crippen LogP contribution is -2.32. The van der Waals surface area contributed by atoms with Gasteiger partial charge in [0, 0.05) is 12.6 Å². The highest BCUT2D eigenvalue weighted by Gasteiger charge is 2.17. The van der Waals surface area contributed by atoms with Gasteiger partial charge >= 0.3 is 0 Å². The first-order valence-electron chi connectivity index (χ1n) is 6.41. The lowest BCUT2D eigenvalue weighted by atomic mass is 9.94. The number of hydrogen-bond donors (Lipinski definition) is 1. The summed E-state index contributed by atoms with van der Waals surface area (Å²) in [6, 6.07) is 6.68. The molecule has 1 saturated carbocycles. The number of benzene rings is 1. The average molecular weight is 253 g/mol. The summed E-state index contributed by atoms with van der Waals surface area (Å²) in [5.74, 6) is 0. The summed E-state index contributed by atoms with van der Waals surface area (Å²) in [6.45, 7) is 0.964. The van der Waals surface area contributed by atoms with Crippen LogP contribution in [0.3, 0.4) is 0 Å². The highest BCUT2D eigenvalue weighted by Crippen LogP contribution is 2.24. The van der Waals surface area contributed by atoms with Gasteiger partial charge in [0.25, 0.3) is 0 Å². The SMILES string of the molecule is CN(Cc1ccc(Cl)c(N)c1)C1CCCCC1. The smallest absolute Gasteiger partial charge is 0.0635 e. The molecule has 0 radical (unpaired) electrons. The summed E-state index contributed by atoms with van der Waals surface area (Å²) in [5.41, 5.74) is 7.76. The summed E-state index contributed by atoms with van der Waals surface area (Å²) >= 11 is 5.93. The van der Waals surface area contributed by atoms with Gasteiger partial charge in [-0.15, -0.1) is 0 Å². The molecule has 0 amide bonds. The van der Waals surface area contributed by atoms with E-state index in [0.717, 1.165) is 12.6 Å². The zero-order valence-electron chi connectivity index (χ0n) is 10.5. The van der Waals surface area contributed by atoms with Gasteiger partial charge in [0.1, 0.15) is 0 Å². The quantitative estimate of drug-likeness (QED) is 0.832. The molecule has 0 aromatic heterocycles. The van der Waals surface area contributed by atoms with Crippen molar-refractivity contribution in [1.29, 1.82) is 0 Å². The molecular formula is C14H21ClN2. The van der Waals surface area contributed by atoms with Crippen LogP contribution in [0.4, 0.5) is 5.69 Å². The van der Waals surface area contributed by atoms with E-state index in [1.165, 1.54) is 37.7 Å². The van der Waals surface area contributed by atoms with Gasteiger partial charge in [-0.3, -0.25) is 4.90 Å². The van der Waals surface area contributed by atoms with Crippen molar-refractivity contribution in [2.24, 2.45) is 0 Å². The first-order valence-corrected chi connectivity index (χ1v) is 6.79. The Hall–Kier alpha value is -0.730. The van der Waals surface area contributed by atoms with Crippen molar-refractivity contribution < 1.29 is 0 Å². The first-order chi connectivity index (χ1) is 8.16. The highest BCUT2D eigenvalue weighted by molar-refractivity contribution is 6.33. The molecule has 0 spiro atoms. The highest BCUT2D eigenvalue weighted by atomic mass is 35.5. The van der Waals surface area contributed by atoms with Gasteiger partial charge in [-0.1, -0.05) is 36.9 Å². The zero-order valence-corrected chi connectivity index (χ0v) is 11.2. The molecule has 0 saturated heterocycles. The van der Waals surface area contributed by atoms with Crippen LogP contribution in [-0.4, -0.2) is 18.0 Å². The van der Waals surface area contributed by atoms with E-state index in [4.69, 9.17) is 17.3 Å². The van der Waals surface area contributed by atoms with Crippen LogP contribution in [0.15, 0.2) is 18.2 Å². The predicted octanol–water partition coefficient (Wildman–Crippen LogP) is 3.69. The molecule has 1 aromatic carbocycles. The van der Waals surface area contributed by atoms with Crippen molar-refractivity contribution in [1.82, 2.24) is 4.90 Å². The molecule has 0 atom stereocenters. The maximum absolute atomic E-state index is 5.93. The van der Waals surface area contributed by atoms with E-state index in [1.807, 2.05) is 12.1 Å². The normalized spacial score (nSPS) is 17.6. The second kappa shape index (κ2) is 5.74. The Morgan fingerprint density at radius 1 is 1.29 bits per heavy atom. The summed E-state index contributed by atoms with van der Waals surface area (Å²) < 4.78 is 0. The van der Waals surface area contributed by atoms with Crippen LogP contribution in [0.25, 0.3) is 0 Å². The Morgan fingerprint density at radius 2 is 2.00 bits per heavy atom. The minimum absolute atomic E-state index is 0.647. The lowest BCUT2D eigenvalue weighted by molar-refractivity contribution is 0.184. The summed E-state index contributed by atoms with van der Waals surface area (Å²) in [7, 11) is 2.21. The van der Waals surface area contributed by atoms with Crippen LogP contribution >= 0.6 is 11.6 Å². The van der Waals surface area contributed by atoms with Crippen LogP contribution in [0, 0.1) is 0 Å². The number of halogens is 1. The van der Waals surface area contributed by atoms with Crippen molar-refractivity contribution in [3.8, 4) is 0 Å². The van der Waals surface area contributed by atoms with E-state index in [-0.39, 0.29) is 0 Å². The number of rotatable bonds is 3. The van der Waals surface area contributed by atoms with Crippen molar-refractivity contribution in [3.05, 3.63) is 28.8 Å². The van der Waals surface area contributed by atoms with Crippen LogP contribution in [0.5, 0.6) is 0 Å². The summed E-state index contributed by atoms with van der Waals surface area (Å²) in [6.07, 6.45) is 6.81. The van der Waals surface area contributed by atoms with E-state index in [0.29, 0.717) is 10.7 Å². The van der Waals surface area contributed by atoms with Crippen LogP contribution in [0.2, 0.25) is 5.02 Å². The molecule has 0 unspecified atom stereocenters. The molecule has 2 nitrogen and oxygen atoms in total. The molecule has 17 heavy (non-hydrogen) atoms. The molecule has 1 aromatic rings. The van der Waals surface area contributed by atoms with Crippen molar-refractivity contribution >= 4 is 17.3 Å². The molecule has 3 heteroatoms. The molecule has 94 valence electrons. The molecule has 0 bridgehead atoms. The maximum Gasteiger partial charge on any atom is 0.0635 e. The number of hydrogen-bond acceptors (Lipinski definition) is 2. The number of nitrogens with zero attached hydrogens (tertiary/aromatic N) is 1. The Balaban J connectivity index is 1.96. The van der Waals surface area contributed by atoms with E-state index >= 15 is 0 Å². The number of nitrogens with two attached hydrogens (primary N) is 1. The van der Waals surface area contributed by atoms with Gasteiger partial charge < -0.3 is 5.73 Å². The fourth-order valence-electron chi connectivity index (χ4n) is 2.63. The number of anilines is 1. The van der Waals surface area contributed by atoms with E-state index in [9.17, 15) is 0 Å². The minimum Gasteiger partial charge on any atom is -0.398 e. The minimum atomic E-state index is 0.647. The predicted molar refractivity (Wildman–Crippen MR) is 74.2 cm³/mol. The van der Waals surface area contributed by atoms with Crippen molar-refractivity contribution in [3.63, 3.8) is 0 Å². The van der Waals surface area contributed by atoms with Crippen molar-refractivity contribution in [2.45, 2.75) is 44.7 Å². The molecule has 1 fully saturated rings. The van der Waals surface area contributed by atoms with Gasteiger partial charge in [-0.05, 0) is 37.6 Å². The first kappa shape index (κ1) is 12.7. The molecule has 1 aliphatic carbocycles. The fraction of sp³-hybridized carbons (Fsp3) is 0.571. The van der Waals surface area contributed by atoms with Gasteiger partial charge in [0.05, 0.1) is 10.7 Å². The molecule has 1 aliphatic rings.